The Morgan fingerprint density at radius 2 is 2.15 bits per heavy atom. The quantitative estimate of drug-likeness (QED) is 0.731. The zero-order valence-electron chi connectivity index (χ0n) is 11.1. The van der Waals surface area contributed by atoms with Crippen molar-refractivity contribution in [1.29, 1.82) is 0 Å². The van der Waals surface area contributed by atoms with E-state index < -0.39 is 0 Å². The zero-order chi connectivity index (χ0) is 14.2. The highest BCUT2D eigenvalue weighted by molar-refractivity contribution is 5.92. The number of hydrogen-bond donors (Lipinski definition) is 2. The second-order valence-electron chi connectivity index (χ2n) is 4.05. The second kappa shape index (κ2) is 7.37. The van der Waals surface area contributed by atoms with Gasteiger partial charge in [0.1, 0.15) is 0 Å². The Kier molecular flexibility index (Phi) is 5.22. The number of amides is 1. The summed E-state index contributed by atoms with van der Waals surface area (Å²) in [7, 11) is 1.62. The number of hydrogen-bond acceptors (Lipinski definition) is 6. The van der Waals surface area contributed by atoms with Gasteiger partial charge < -0.3 is 19.9 Å². The molecule has 1 aromatic heterocycles. The van der Waals surface area contributed by atoms with Crippen LogP contribution in [0, 0.1) is 0 Å². The molecular formula is C13H16N4O3. The molecule has 0 saturated heterocycles. The standard InChI is InChI=1S/C13H16N4O3/c1-19-7-6-14-8-12(18)16-11-4-2-10(3-5-11)13-15-9-20-17-13/h2-5,9,14H,6-8H2,1H3,(H,16,18). The van der Waals surface area contributed by atoms with Gasteiger partial charge in [-0.25, -0.2) is 0 Å². The maximum absolute atomic E-state index is 11.6. The number of aromatic nitrogens is 2. The van der Waals surface area contributed by atoms with E-state index in [2.05, 4.69) is 25.3 Å². The topological polar surface area (TPSA) is 89.3 Å². The molecule has 0 fully saturated rings. The van der Waals surface area contributed by atoms with E-state index in [9.17, 15) is 4.79 Å². The van der Waals surface area contributed by atoms with E-state index in [0.29, 0.717) is 19.0 Å². The first-order valence-corrected chi connectivity index (χ1v) is 6.16. The highest BCUT2D eigenvalue weighted by Crippen LogP contribution is 2.17. The summed E-state index contributed by atoms with van der Waals surface area (Å²) in [6.45, 7) is 1.46. The molecule has 2 rings (SSSR count). The molecule has 1 aromatic carbocycles. The Morgan fingerprint density at radius 1 is 1.35 bits per heavy atom. The van der Waals surface area contributed by atoms with Crippen molar-refractivity contribution in [3.8, 4) is 11.4 Å². The summed E-state index contributed by atoms with van der Waals surface area (Å²) in [6.07, 6.45) is 1.27. The first-order chi connectivity index (χ1) is 9.79. The minimum atomic E-state index is -0.103. The van der Waals surface area contributed by atoms with Crippen LogP contribution in [0.1, 0.15) is 0 Å². The van der Waals surface area contributed by atoms with Crippen molar-refractivity contribution in [2.45, 2.75) is 0 Å². The Morgan fingerprint density at radius 3 is 2.80 bits per heavy atom. The molecule has 20 heavy (non-hydrogen) atoms. The van der Waals surface area contributed by atoms with Gasteiger partial charge >= 0.3 is 0 Å². The molecule has 0 radical (unpaired) electrons. The Bertz CT molecular complexity index is 525. The van der Waals surface area contributed by atoms with E-state index >= 15 is 0 Å². The zero-order valence-corrected chi connectivity index (χ0v) is 11.1. The largest absolute Gasteiger partial charge is 0.383 e. The monoisotopic (exact) mass is 276 g/mol. The van der Waals surface area contributed by atoms with Crippen LogP contribution in [0.3, 0.4) is 0 Å². The lowest BCUT2D eigenvalue weighted by Gasteiger charge is -2.06. The summed E-state index contributed by atoms with van der Waals surface area (Å²) in [6, 6.07) is 7.22. The fourth-order valence-electron chi connectivity index (χ4n) is 1.58. The van der Waals surface area contributed by atoms with Crippen molar-refractivity contribution in [2.75, 3.05) is 32.1 Å². The molecular weight excluding hydrogens is 260 g/mol. The van der Waals surface area contributed by atoms with Gasteiger partial charge in [-0.05, 0) is 24.3 Å². The SMILES string of the molecule is COCCNCC(=O)Nc1ccc(-c2ncon2)cc1. The Hall–Kier alpha value is -2.25. The molecule has 0 aliphatic rings. The molecule has 0 saturated carbocycles. The average molecular weight is 276 g/mol. The third kappa shape index (κ3) is 4.15. The van der Waals surface area contributed by atoms with Gasteiger partial charge in [0.25, 0.3) is 0 Å². The fraction of sp³-hybridized carbons (Fsp3) is 0.308. The third-order valence-corrected chi connectivity index (χ3v) is 2.56. The number of methoxy groups -OCH3 is 1. The first kappa shape index (κ1) is 14.2. The number of carbonyl (C=O) groups excluding carboxylic acids is 1. The van der Waals surface area contributed by atoms with Gasteiger partial charge in [0.2, 0.25) is 18.1 Å². The van der Waals surface area contributed by atoms with Crippen LogP contribution in [0.2, 0.25) is 0 Å². The van der Waals surface area contributed by atoms with Gasteiger partial charge in [-0.1, -0.05) is 5.16 Å². The van der Waals surface area contributed by atoms with Crippen LogP contribution in [-0.2, 0) is 9.53 Å². The average Bonchev–Trinajstić information content (AvgIpc) is 2.99. The van der Waals surface area contributed by atoms with Crippen molar-refractivity contribution >= 4 is 11.6 Å². The Labute approximate surface area is 116 Å². The summed E-state index contributed by atoms with van der Waals surface area (Å²) >= 11 is 0. The molecule has 2 N–H and O–H groups in total. The molecule has 7 heteroatoms. The number of benzene rings is 1. The molecule has 7 nitrogen and oxygen atoms in total. The van der Waals surface area contributed by atoms with Crippen LogP contribution < -0.4 is 10.6 Å². The summed E-state index contributed by atoms with van der Waals surface area (Å²) in [5, 5.41) is 9.50. The molecule has 0 spiro atoms. The molecule has 1 amide bonds. The van der Waals surface area contributed by atoms with E-state index in [4.69, 9.17) is 4.74 Å². The summed E-state index contributed by atoms with van der Waals surface area (Å²) < 4.78 is 9.56. The van der Waals surface area contributed by atoms with Gasteiger partial charge in [-0.3, -0.25) is 4.79 Å². The van der Waals surface area contributed by atoms with Gasteiger partial charge in [0.15, 0.2) is 0 Å². The number of nitrogens with one attached hydrogen (secondary N) is 2. The Balaban J connectivity index is 1.83. The lowest BCUT2D eigenvalue weighted by molar-refractivity contribution is -0.115. The first-order valence-electron chi connectivity index (χ1n) is 6.16. The molecule has 0 aliphatic heterocycles. The minimum Gasteiger partial charge on any atom is -0.383 e. The predicted molar refractivity (Wildman–Crippen MR) is 73.1 cm³/mol. The number of nitrogens with zero attached hydrogens (tertiary/aromatic N) is 2. The molecule has 0 unspecified atom stereocenters. The molecule has 2 aromatic rings. The molecule has 0 aliphatic carbocycles. The van der Waals surface area contributed by atoms with Crippen molar-refractivity contribution < 1.29 is 14.1 Å². The summed E-state index contributed by atoms with van der Waals surface area (Å²) in [5.74, 6) is 0.414. The van der Waals surface area contributed by atoms with Crippen LogP contribution in [0.15, 0.2) is 35.2 Å². The van der Waals surface area contributed by atoms with Crippen LogP contribution in [0.4, 0.5) is 5.69 Å². The van der Waals surface area contributed by atoms with Crippen LogP contribution in [0.25, 0.3) is 11.4 Å². The van der Waals surface area contributed by atoms with Crippen molar-refractivity contribution in [2.24, 2.45) is 0 Å². The van der Waals surface area contributed by atoms with Gasteiger partial charge in [0, 0.05) is 24.9 Å². The third-order valence-electron chi connectivity index (χ3n) is 2.56. The molecule has 106 valence electrons. The maximum Gasteiger partial charge on any atom is 0.238 e. The van der Waals surface area contributed by atoms with Crippen LogP contribution in [-0.4, -0.2) is 42.9 Å². The number of rotatable bonds is 7. The van der Waals surface area contributed by atoms with Gasteiger partial charge in [-0.2, -0.15) is 4.98 Å². The smallest absolute Gasteiger partial charge is 0.238 e. The highest BCUT2D eigenvalue weighted by Gasteiger charge is 2.04. The predicted octanol–water partition coefficient (Wildman–Crippen LogP) is 0.911. The van der Waals surface area contributed by atoms with Crippen LogP contribution >= 0.6 is 0 Å². The van der Waals surface area contributed by atoms with E-state index in [-0.39, 0.29) is 12.5 Å². The normalized spacial score (nSPS) is 10.4. The number of ether oxygens (including phenoxy) is 1. The maximum atomic E-state index is 11.6. The fourth-order valence-corrected chi connectivity index (χ4v) is 1.58. The molecule has 0 bridgehead atoms. The van der Waals surface area contributed by atoms with E-state index in [1.807, 2.05) is 12.1 Å². The molecule has 0 atom stereocenters. The van der Waals surface area contributed by atoms with Crippen LogP contribution in [0.5, 0.6) is 0 Å². The van der Waals surface area contributed by atoms with Crippen molar-refractivity contribution in [3.05, 3.63) is 30.7 Å². The van der Waals surface area contributed by atoms with Gasteiger partial charge in [0.05, 0.1) is 13.2 Å². The second-order valence-corrected chi connectivity index (χ2v) is 4.05. The summed E-state index contributed by atoms with van der Waals surface area (Å²) in [5.41, 5.74) is 1.55. The molecule has 1 heterocycles. The van der Waals surface area contributed by atoms with E-state index in [1.54, 1.807) is 19.2 Å². The van der Waals surface area contributed by atoms with E-state index in [1.165, 1.54) is 6.39 Å². The summed E-state index contributed by atoms with van der Waals surface area (Å²) in [4.78, 5) is 15.6. The van der Waals surface area contributed by atoms with Gasteiger partial charge in [-0.15, -0.1) is 0 Å². The van der Waals surface area contributed by atoms with Crippen molar-refractivity contribution in [1.82, 2.24) is 15.5 Å². The highest BCUT2D eigenvalue weighted by atomic mass is 16.5. The lowest BCUT2D eigenvalue weighted by Crippen LogP contribution is -2.30. The number of carbonyl (C=O) groups is 1. The minimum absolute atomic E-state index is 0.103. The lowest BCUT2D eigenvalue weighted by atomic mass is 10.2. The van der Waals surface area contributed by atoms with Crippen molar-refractivity contribution in [3.63, 3.8) is 0 Å². The number of anilines is 1. The van der Waals surface area contributed by atoms with E-state index in [0.717, 1.165) is 11.3 Å².